The van der Waals surface area contributed by atoms with Crippen molar-refractivity contribution in [1.82, 2.24) is 10.2 Å². The van der Waals surface area contributed by atoms with E-state index in [1.807, 2.05) is 0 Å². The standard InChI is InChI=1S/C12H20N2O/c1-3-12(15)13-8-9-6-10-4-5-11(7-9)14(10)2/h3,9-11H,1,4-8H2,2H3,(H,13,15). The number of hydrogen-bond acceptors (Lipinski definition) is 2. The van der Waals surface area contributed by atoms with Crippen LogP contribution in [0.3, 0.4) is 0 Å². The van der Waals surface area contributed by atoms with Gasteiger partial charge in [0.25, 0.3) is 0 Å². The summed E-state index contributed by atoms with van der Waals surface area (Å²) in [6.45, 7) is 4.28. The van der Waals surface area contributed by atoms with Crippen molar-refractivity contribution >= 4 is 5.91 Å². The van der Waals surface area contributed by atoms with Crippen molar-refractivity contribution in [1.29, 1.82) is 0 Å². The molecule has 0 spiro atoms. The maximum atomic E-state index is 11.1. The molecule has 0 aliphatic carbocycles. The van der Waals surface area contributed by atoms with Crippen LogP contribution < -0.4 is 5.32 Å². The van der Waals surface area contributed by atoms with Crippen LogP contribution in [0.5, 0.6) is 0 Å². The minimum absolute atomic E-state index is 0.0405. The fourth-order valence-corrected chi connectivity index (χ4v) is 3.01. The van der Waals surface area contributed by atoms with Crippen molar-refractivity contribution in [3.63, 3.8) is 0 Å². The second kappa shape index (κ2) is 4.35. The molecule has 0 saturated carbocycles. The molecule has 2 atom stereocenters. The molecule has 2 unspecified atom stereocenters. The first-order chi connectivity index (χ1) is 7.20. The quantitative estimate of drug-likeness (QED) is 0.706. The molecule has 3 nitrogen and oxygen atoms in total. The molecule has 0 aromatic rings. The summed E-state index contributed by atoms with van der Waals surface area (Å²) in [5, 5.41) is 2.91. The number of carbonyl (C=O) groups excluding carboxylic acids is 1. The Bertz CT molecular complexity index is 250. The molecule has 1 N–H and O–H groups in total. The number of piperidine rings is 1. The van der Waals surface area contributed by atoms with Crippen molar-refractivity contribution in [2.75, 3.05) is 13.6 Å². The zero-order chi connectivity index (χ0) is 10.8. The number of nitrogens with one attached hydrogen (secondary N) is 1. The lowest BCUT2D eigenvalue weighted by atomic mass is 9.91. The van der Waals surface area contributed by atoms with Crippen LogP contribution in [0.2, 0.25) is 0 Å². The Labute approximate surface area is 91.5 Å². The summed E-state index contributed by atoms with van der Waals surface area (Å²) in [4.78, 5) is 13.6. The Balaban J connectivity index is 1.81. The number of carbonyl (C=O) groups is 1. The lowest BCUT2D eigenvalue weighted by Crippen LogP contribution is -2.43. The second-order valence-corrected chi connectivity index (χ2v) is 4.84. The molecular formula is C12H20N2O. The summed E-state index contributed by atoms with van der Waals surface area (Å²) in [6.07, 6.45) is 6.51. The van der Waals surface area contributed by atoms with E-state index in [9.17, 15) is 4.79 Å². The number of amides is 1. The molecule has 2 fully saturated rings. The van der Waals surface area contributed by atoms with E-state index in [4.69, 9.17) is 0 Å². The van der Waals surface area contributed by atoms with Crippen LogP contribution in [-0.4, -0.2) is 36.5 Å². The van der Waals surface area contributed by atoms with Crippen LogP contribution >= 0.6 is 0 Å². The molecule has 15 heavy (non-hydrogen) atoms. The zero-order valence-electron chi connectivity index (χ0n) is 9.41. The first-order valence-electron chi connectivity index (χ1n) is 5.83. The maximum absolute atomic E-state index is 11.1. The van der Waals surface area contributed by atoms with Gasteiger partial charge in [0.15, 0.2) is 0 Å². The van der Waals surface area contributed by atoms with E-state index in [2.05, 4.69) is 23.8 Å². The van der Waals surface area contributed by atoms with Gasteiger partial charge < -0.3 is 10.2 Å². The normalized spacial score (nSPS) is 35.1. The van der Waals surface area contributed by atoms with E-state index >= 15 is 0 Å². The predicted octanol–water partition coefficient (Wildman–Crippen LogP) is 1.16. The average molecular weight is 208 g/mol. The van der Waals surface area contributed by atoms with Gasteiger partial charge in [-0.3, -0.25) is 4.79 Å². The van der Waals surface area contributed by atoms with Crippen LogP contribution in [0.4, 0.5) is 0 Å². The van der Waals surface area contributed by atoms with Crippen LogP contribution in [0.15, 0.2) is 12.7 Å². The first kappa shape index (κ1) is 10.7. The minimum Gasteiger partial charge on any atom is -0.352 e. The van der Waals surface area contributed by atoms with Crippen LogP contribution in [0, 0.1) is 5.92 Å². The van der Waals surface area contributed by atoms with Crippen LogP contribution in [0.25, 0.3) is 0 Å². The van der Waals surface area contributed by atoms with Gasteiger partial charge in [-0.05, 0) is 44.7 Å². The smallest absolute Gasteiger partial charge is 0.243 e. The number of fused-ring (bicyclic) bond motifs is 2. The lowest BCUT2D eigenvalue weighted by molar-refractivity contribution is -0.116. The van der Waals surface area contributed by atoms with E-state index in [-0.39, 0.29) is 5.91 Å². The summed E-state index contributed by atoms with van der Waals surface area (Å²) < 4.78 is 0. The Morgan fingerprint density at radius 1 is 1.47 bits per heavy atom. The van der Waals surface area contributed by atoms with Crippen LogP contribution in [0.1, 0.15) is 25.7 Å². The molecule has 0 radical (unpaired) electrons. The van der Waals surface area contributed by atoms with Gasteiger partial charge in [0, 0.05) is 18.6 Å². The summed E-state index contributed by atoms with van der Waals surface area (Å²) in [5.41, 5.74) is 0. The lowest BCUT2D eigenvalue weighted by Gasteiger charge is -2.36. The predicted molar refractivity (Wildman–Crippen MR) is 60.5 cm³/mol. The molecule has 84 valence electrons. The Kier molecular flexibility index (Phi) is 3.10. The molecule has 2 saturated heterocycles. The van der Waals surface area contributed by atoms with Gasteiger partial charge in [0.1, 0.15) is 0 Å². The van der Waals surface area contributed by atoms with Crippen molar-refractivity contribution in [2.45, 2.75) is 37.8 Å². The summed E-state index contributed by atoms with van der Waals surface area (Å²) >= 11 is 0. The Morgan fingerprint density at radius 3 is 2.60 bits per heavy atom. The van der Waals surface area contributed by atoms with Crippen molar-refractivity contribution in [3.8, 4) is 0 Å². The third-order valence-electron chi connectivity index (χ3n) is 3.95. The summed E-state index contributed by atoms with van der Waals surface area (Å²) in [6, 6.07) is 1.52. The molecule has 2 bridgehead atoms. The van der Waals surface area contributed by atoms with Gasteiger partial charge in [0.2, 0.25) is 5.91 Å². The molecular weight excluding hydrogens is 188 g/mol. The SMILES string of the molecule is C=CC(=O)NCC1CC2CCC(C1)N2C. The molecule has 0 aromatic heterocycles. The molecule has 1 amide bonds. The topological polar surface area (TPSA) is 32.3 Å². The maximum Gasteiger partial charge on any atom is 0.243 e. The van der Waals surface area contributed by atoms with Gasteiger partial charge in [-0.15, -0.1) is 0 Å². The van der Waals surface area contributed by atoms with E-state index in [1.54, 1.807) is 0 Å². The average Bonchev–Trinajstić information content (AvgIpc) is 2.50. The number of rotatable bonds is 3. The van der Waals surface area contributed by atoms with E-state index in [0.29, 0.717) is 5.92 Å². The highest BCUT2D eigenvalue weighted by Crippen LogP contribution is 2.36. The van der Waals surface area contributed by atoms with Crippen LogP contribution in [-0.2, 0) is 4.79 Å². The van der Waals surface area contributed by atoms with Gasteiger partial charge in [0.05, 0.1) is 0 Å². The highest BCUT2D eigenvalue weighted by molar-refractivity contribution is 5.86. The van der Waals surface area contributed by atoms with Gasteiger partial charge >= 0.3 is 0 Å². The van der Waals surface area contributed by atoms with E-state index < -0.39 is 0 Å². The summed E-state index contributed by atoms with van der Waals surface area (Å²) in [5.74, 6) is 0.629. The van der Waals surface area contributed by atoms with Gasteiger partial charge in [-0.1, -0.05) is 6.58 Å². The number of hydrogen-bond donors (Lipinski definition) is 1. The fraction of sp³-hybridized carbons (Fsp3) is 0.750. The molecule has 2 rings (SSSR count). The molecule has 3 heteroatoms. The zero-order valence-corrected chi connectivity index (χ0v) is 9.41. The molecule has 2 aliphatic heterocycles. The fourth-order valence-electron chi connectivity index (χ4n) is 3.01. The van der Waals surface area contributed by atoms with Gasteiger partial charge in [-0.2, -0.15) is 0 Å². The van der Waals surface area contributed by atoms with Gasteiger partial charge in [-0.25, -0.2) is 0 Å². The highest BCUT2D eigenvalue weighted by atomic mass is 16.1. The summed E-state index contributed by atoms with van der Waals surface area (Å²) in [7, 11) is 2.24. The van der Waals surface area contributed by atoms with E-state index in [1.165, 1.54) is 31.8 Å². The third kappa shape index (κ3) is 2.23. The highest BCUT2D eigenvalue weighted by Gasteiger charge is 2.38. The first-order valence-corrected chi connectivity index (χ1v) is 5.83. The molecule has 2 heterocycles. The largest absolute Gasteiger partial charge is 0.352 e. The third-order valence-corrected chi connectivity index (χ3v) is 3.95. The van der Waals surface area contributed by atoms with E-state index in [0.717, 1.165) is 18.6 Å². The Hall–Kier alpha value is -0.830. The van der Waals surface area contributed by atoms with Crippen molar-refractivity contribution < 1.29 is 4.79 Å². The minimum atomic E-state index is -0.0405. The monoisotopic (exact) mass is 208 g/mol. The van der Waals surface area contributed by atoms with Crippen molar-refractivity contribution in [3.05, 3.63) is 12.7 Å². The van der Waals surface area contributed by atoms with Crippen molar-refractivity contribution in [2.24, 2.45) is 5.92 Å². The second-order valence-electron chi connectivity index (χ2n) is 4.84. The number of nitrogens with zero attached hydrogens (tertiary/aromatic N) is 1. The molecule has 2 aliphatic rings. The molecule has 0 aromatic carbocycles. The Morgan fingerprint density at radius 2 is 2.07 bits per heavy atom.